The zero-order valence-corrected chi connectivity index (χ0v) is 13.2. The second-order valence-electron chi connectivity index (χ2n) is 7.69. The van der Waals surface area contributed by atoms with E-state index >= 15 is 0 Å². The Morgan fingerprint density at radius 3 is 2.45 bits per heavy atom. The zero-order valence-electron chi connectivity index (χ0n) is 13.2. The fourth-order valence-corrected chi connectivity index (χ4v) is 4.53. The third kappa shape index (κ3) is 2.61. The smallest absolute Gasteiger partial charge is 0.244 e. The van der Waals surface area contributed by atoms with Gasteiger partial charge in [0.25, 0.3) is 0 Å². The van der Waals surface area contributed by atoms with Gasteiger partial charge in [-0.05, 0) is 43.9 Å². The van der Waals surface area contributed by atoms with Crippen LogP contribution in [0.3, 0.4) is 0 Å². The second-order valence-corrected chi connectivity index (χ2v) is 7.69. The molecule has 1 saturated heterocycles. The number of nitrogens with one attached hydrogen (secondary N) is 1. The molecule has 0 aromatic heterocycles. The standard InChI is InChI=1S/C17H30N2O/c1-13(2)11-15-18-17(9-5-6-10-17)16(20)19(15)12-14-7-3-4-8-14/h13-15,18H,3-12H2,1-2H3. The lowest BCUT2D eigenvalue weighted by atomic mass is 9.97. The number of carbonyl (C=O) groups excluding carboxylic acids is 1. The second kappa shape index (κ2) is 5.67. The number of rotatable bonds is 4. The van der Waals surface area contributed by atoms with Crippen molar-refractivity contribution in [3.05, 3.63) is 0 Å². The van der Waals surface area contributed by atoms with Gasteiger partial charge in [0.15, 0.2) is 0 Å². The predicted octanol–water partition coefficient (Wildman–Crippen LogP) is 3.29. The molecular formula is C17H30N2O. The van der Waals surface area contributed by atoms with E-state index in [0.717, 1.165) is 31.7 Å². The highest BCUT2D eigenvalue weighted by molar-refractivity contribution is 5.89. The van der Waals surface area contributed by atoms with Crippen LogP contribution in [0, 0.1) is 11.8 Å². The summed E-state index contributed by atoms with van der Waals surface area (Å²) in [5.74, 6) is 1.82. The van der Waals surface area contributed by atoms with Gasteiger partial charge in [0.1, 0.15) is 0 Å². The molecule has 0 bridgehead atoms. The molecule has 3 rings (SSSR count). The molecule has 1 N–H and O–H groups in total. The molecule has 1 spiro atoms. The molecule has 0 radical (unpaired) electrons. The van der Waals surface area contributed by atoms with Gasteiger partial charge in [-0.2, -0.15) is 0 Å². The van der Waals surface area contributed by atoms with Gasteiger partial charge in [-0.1, -0.05) is 39.5 Å². The van der Waals surface area contributed by atoms with Crippen LogP contribution in [-0.4, -0.2) is 29.1 Å². The number of hydrogen-bond acceptors (Lipinski definition) is 2. The van der Waals surface area contributed by atoms with Crippen LogP contribution < -0.4 is 5.32 Å². The van der Waals surface area contributed by atoms with Crippen molar-refractivity contribution in [2.45, 2.75) is 83.3 Å². The topological polar surface area (TPSA) is 32.3 Å². The van der Waals surface area contributed by atoms with Gasteiger partial charge in [-0.25, -0.2) is 0 Å². The third-order valence-electron chi connectivity index (χ3n) is 5.57. The SMILES string of the molecule is CC(C)CC1NC2(CCCC2)C(=O)N1CC1CCCC1. The molecule has 3 heteroatoms. The average molecular weight is 278 g/mol. The Morgan fingerprint density at radius 1 is 1.20 bits per heavy atom. The molecule has 1 aliphatic heterocycles. The fourth-order valence-electron chi connectivity index (χ4n) is 4.53. The molecule has 3 nitrogen and oxygen atoms in total. The van der Waals surface area contributed by atoms with Crippen molar-refractivity contribution in [1.29, 1.82) is 0 Å². The van der Waals surface area contributed by atoms with Crippen LogP contribution in [0.4, 0.5) is 0 Å². The van der Waals surface area contributed by atoms with Gasteiger partial charge in [-0.15, -0.1) is 0 Å². The Bertz CT molecular complexity index is 354. The van der Waals surface area contributed by atoms with Crippen molar-refractivity contribution < 1.29 is 4.79 Å². The third-order valence-corrected chi connectivity index (χ3v) is 5.57. The highest BCUT2D eigenvalue weighted by Crippen LogP contribution is 2.39. The van der Waals surface area contributed by atoms with Crippen LogP contribution in [0.2, 0.25) is 0 Å². The Labute approximate surface area is 123 Å². The van der Waals surface area contributed by atoms with Gasteiger partial charge in [0.2, 0.25) is 5.91 Å². The first-order valence-corrected chi connectivity index (χ1v) is 8.69. The van der Waals surface area contributed by atoms with E-state index in [-0.39, 0.29) is 5.54 Å². The minimum absolute atomic E-state index is 0.182. The summed E-state index contributed by atoms with van der Waals surface area (Å²) in [4.78, 5) is 15.2. The Kier molecular flexibility index (Phi) is 4.07. The van der Waals surface area contributed by atoms with Gasteiger partial charge in [0.05, 0.1) is 11.7 Å². The van der Waals surface area contributed by atoms with E-state index in [2.05, 4.69) is 24.1 Å². The maximum absolute atomic E-state index is 13.0. The lowest BCUT2D eigenvalue weighted by Gasteiger charge is -2.28. The van der Waals surface area contributed by atoms with E-state index in [0.29, 0.717) is 18.0 Å². The van der Waals surface area contributed by atoms with Crippen molar-refractivity contribution in [1.82, 2.24) is 10.2 Å². The Balaban J connectivity index is 1.73. The summed E-state index contributed by atoms with van der Waals surface area (Å²) >= 11 is 0. The monoisotopic (exact) mass is 278 g/mol. The molecular weight excluding hydrogens is 248 g/mol. The van der Waals surface area contributed by atoms with Gasteiger partial charge in [0, 0.05) is 6.54 Å². The normalized spacial score (nSPS) is 30.2. The maximum Gasteiger partial charge on any atom is 0.244 e. The average Bonchev–Trinajstić information content (AvgIpc) is 3.09. The summed E-state index contributed by atoms with van der Waals surface area (Å²) in [6, 6.07) is 0. The predicted molar refractivity (Wildman–Crippen MR) is 81.2 cm³/mol. The van der Waals surface area contributed by atoms with E-state index in [1.165, 1.54) is 38.5 Å². The van der Waals surface area contributed by atoms with E-state index < -0.39 is 0 Å². The van der Waals surface area contributed by atoms with Crippen LogP contribution >= 0.6 is 0 Å². The van der Waals surface area contributed by atoms with Crippen LogP contribution in [0.5, 0.6) is 0 Å². The molecule has 2 aliphatic carbocycles. The Morgan fingerprint density at radius 2 is 1.85 bits per heavy atom. The first-order chi connectivity index (χ1) is 9.61. The zero-order chi connectivity index (χ0) is 14.2. The molecule has 1 heterocycles. The molecule has 0 aromatic rings. The molecule has 3 fully saturated rings. The van der Waals surface area contributed by atoms with Crippen molar-refractivity contribution in [3.63, 3.8) is 0 Å². The van der Waals surface area contributed by atoms with Gasteiger partial charge >= 0.3 is 0 Å². The maximum atomic E-state index is 13.0. The number of hydrogen-bond donors (Lipinski definition) is 1. The van der Waals surface area contributed by atoms with Crippen molar-refractivity contribution >= 4 is 5.91 Å². The summed E-state index contributed by atoms with van der Waals surface area (Å²) in [6.07, 6.45) is 11.3. The fraction of sp³-hybridized carbons (Fsp3) is 0.941. The molecule has 3 aliphatic rings. The highest BCUT2D eigenvalue weighted by Gasteiger charge is 2.52. The quantitative estimate of drug-likeness (QED) is 0.856. The molecule has 20 heavy (non-hydrogen) atoms. The van der Waals surface area contributed by atoms with Crippen LogP contribution in [-0.2, 0) is 4.79 Å². The molecule has 114 valence electrons. The van der Waals surface area contributed by atoms with E-state index in [4.69, 9.17) is 0 Å². The van der Waals surface area contributed by atoms with E-state index in [9.17, 15) is 4.79 Å². The minimum atomic E-state index is -0.182. The molecule has 1 unspecified atom stereocenters. The molecule has 2 saturated carbocycles. The van der Waals surface area contributed by atoms with E-state index in [1.54, 1.807) is 0 Å². The summed E-state index contributed by atoms with van der Waals surface area (Å²) in [7, 11) is 0. The van der Waals surface area contributed by atoms with Crippen LogP contribution in [0.25, 0.3) is 0 Å². The van der Waals surface area contributed by atoms with Crippen LogP contribution in [0.1, 0.15) is 71.6 Å². The molecule has 1 amide bonds. The highest BCUT2D eigenvalue weighted by atomic mass is 16.2. The Hall–Kier alpha value is -0.570. The number of amides is 1. The van der Waals surface area contributed by atoms with E-state index in [1.807, 2.05) is 0 Å². The lowest BCUT2D eigenvalue weighted by molar-refractivity contribution is -0.133. The minimum Gasteiger partial charge on any atom is -0.325 e. The largest absolute Gasteiger partial charge is 0.325 e. The van der Waals surface area contributed by atoms with Crippen molar-refractivity contribution in [3.8, 4) is 0 Å². The first-order valence-electron chi connectivity index (χ1n) is 8.69. The lowest BCUT2D eigenvalue weighted by Crippen LogP contribution is -2.44. The summed E-state index contributed by atoms with van der Waals surface area (Å²) < 4.78 is 0. The summed E-state index contributed by atoms with van der Waals surface area (Å²) in [6.45, 7) is 5.53. The number of carbonyl (C=O) groups is 1. The molecule has 1 atom stereocenters. The summed E-state index contributed by atoms with van der Waals surface area (Å²) in [5.41, 5.74) is -0.182. The van der Waals surface area contributed by atoms with Gasteiger partial charge < -0.3 is 4.90 Å². The van der Waals surface area contributed by atoms with Crippen molar-refractivity contribution in [2.24, 2.45) is 11.8 Å². The van der Waals surface area contributed by atoms with Gasteiger partial charge in [-0.3, -0.25) is 10.1 Å². The van der Waals surface area contributed by atoms with Crippen LogP contribution in [0.15, 0.2) is 0 Å². The first kappa shape index (κ1) is 14.4. The number of nitrogens with zero attached hydrogens (tertiary/aromatic N) is 1. The van der Waals surface area contributed by atoms with Crippen molar-refractivity contribution in [2.75, 3.05) is 6.54 Å². The molecule has 0 aromatic carbocycles. The summed E-state index contributed by atoms with van der Waals surface area (Å²) in [5, 5.41) is 3.75.